The van der Waals surface area contributed by atoms with E-state index in [1.807, 2.05) is 25.1 Å². The normalized spacial score (nSPS) is 10.7. The molecule has 5 nitrogen and oxygen atoms in total. The minimum atomic E-state index is -0.507. The highest BCUT2D eigenvalue weighted by Gasteiger charge is 2.20. The minimum absolute atomic E-state index is 0.0160. The van der Waals surface area contributed by atoms with Gasteiger partial charge in [0.2, 0.25) is 0 Å². The number of anilines is 1. The Morgan fingerprint density at radius 3 is 2.70 bits per heavy atom. The third-order valence-electron chi connectivity index (χ3n) is 3.47. The quantitative estimate of drug-likeness (QED) is 0.597. The minimum Gasteiger partial charge on any atom is -0.388 e. The summed E-state index contributed by atoms with van der Waals surface area (Å²) < 4.78 is 6.03. The van der Waals surface area contributed by atoms with Crippen molar-refractivity contribution in [3.63, 3.8) is 0 Å². The summed E-state index contributed by atoms with van der Waals surface area (Å²) in [7, 11) is 1.54. The van der Waals surface area contributed by atoms with Crippen LogP contribution in [0.3, 0.4) is 0 Å². The number of carbonyl (C=O) groups is 1. The fourth-order valence-corrected chi connectivity index (χ4v) is 2.83. The van der Waals surface area contributed by atoms with Crippen LogP contribution in [0.4, 0.5) is 6.01 Å². The Balaban J connectivity index is 2.07. The van der Waals surface area contributed by atoms with Gasteiger partial charge < -0.3 is 4.42 Å². The van der Waals surface area contributed by atoms with Gasteiger partial charge in [0.15, 0.2) is 0 Å². The van der Waals surface area contributed by atoms with Crippen molar-refractivity contribution in [3.8, 4) is 0 Å². The van der Waals surface area contributed by atoms with Gasteiger partial charge in [0.05, 0.1) is 16.5 Å². The van der Waals surface area contributed by atoms with E-state index < -0.39 is 5.63 Å². The largest absolute Gasteiger partial charge is 0.388 e. The molecule has 0 fully saturated rings. The number of halogens is 1. The van der Waals surface area contributed by atoms with Crippen LogP contribution >= 0.6 is 22.6 Å². The fraction of sp³-hybridized carbons (Fsp3) is 0.118. The molecule has 0 unspecified atom stereocenters. The number of aromatic nitrogens is 1. The van der Waals surface area contributed by atoms with Gasteiger partial charge in [0, 0.05) is 10.6 Å². The molecule has 1 heterocycles. The molecule has 0 aliphatic rings. The second-order valence-corrected chi connectivity index (χ2v) is 6.31. The molecular weight excluding hydrogens is 407 g/mol. The molecule has 2 aromatic carbocycles. The third kappa shape index (κ3) is 2.98. The summed E-state index contributed by atoms with van der Waals surface area (Å²) in [5.41, 5.74) is 1.52. The van der Waals surface area contributed by atoms with Crippen LogP contribution in [-0.2, 0) is 0 Å². The Labute approximate surface area is 146 Å². The van der Waals surface area contributed by atoms with Crippen LogP contribution in [0.15, 0.2) is 51.7 Å². The number of nitrogens with zero attached hydrogens (tertiary/aromatic N) is 2. The Morgan fingerprint density at radius 1 is 1.22 bits per heavy atom. The second-order valence-electron chi connectivity index (χ2n) is 5.15. The first-order valence-corrected chi connectivity index (χ1v) is 7.99. The van der Waals surface area contributed by atoms with Crippen LogP contribution in [0, 0.1) is 10.5 Å². The maximum absolute atomic E-state index is 12.6. The summed E-state index contributed by atoms with van der Waals surface area (Å²) in [6, 6.07) is 12.5. The number of aryl methyl sites for hydroxylation is 1. The maximum Gasteiger partial charge on any atom is 0.348 e. The Bertz CT molecular complexity index is 965. The number of carbonyl (C=O) groups excluding carboxylic acids is 1. The first-order chi connectivity index (χ1) is 11.0. The van der Waals surface area contributed by atoms with Gasteiger partial charge in [-0.1, -0.05) is 18.2 Å². The summed E-state index contributed by atoms with van der Waals surface area (Å²) in [6.45, 7) is 1.91. The van der Waals surface area contributed by atoms with Crippen LogP contribution in [0.5, 0.6) is 0 Å². The molecule has 0 bridgehead atoms. The molecule has 116 valence electrons. The molecule has 0 spiro atoms. The lowest BCUT2D eigenvalue weighted by Gasteiger charge is -2.15. The first kappa shape index (κ1) is 15.7. The standard InChI is InChI=1S/C17H13IN2O3/c1-10-7-8-12-14(9-10)19-17(23-16(12)22)20(2)15(21)11-5-3-4-6-13(11)18/h3-9H,1-2H3. The van der Waals surface area contributed by atoms with Crippen LogP contribution in [0.2, 0.25) is 0 Å². The van der Waals surface area contributed by atoms with E-state index in [2.05, 4.69) is 27.6 Å². The van der Waals surface area contributed by atoms with Crippen LogP contribution in [0.25, 0.3) is 10.9 Å². The van der Waals surface area contributed by atoms with Gasteiger partial charge >= 0.3 is 11.6 Å². The van der Waals surface area contributed by atoms with E-state index in [4.69, 9.17) is 4.42 Å². The van der Waals surface area contributed by atoms with Crippen molar-refractivity contribution < 1.29 is 9.21 Å². The molecule has 0 saturated carbocycles. The van der Waals surface area contributed by atoms with Gasteiger partial charge in [-0.2, -0.15) is 4.98 Å². The number of benzene rings is 2. The van der Waals surface area contributed by atoms with Gasteiger partial charge in [-0.15, -0.1) is 0 Å². The fourth-order valence-electron chi connectivity index (χ4n) is 2.22. The molecule has 0 aliphatic carbocycles. The average Bonchev–Trinajstić information content (AvgIpc) is 2.53. The van der Waals surface area contributed by atoms with E-state index in [1.165, 1.54) is 11.9 Å². The van der Waals surface area contributed by atoms with E-state index in [0.29, 0.717) is 16.5 Å². The summed E-state index contributed by atoms with van der Waals surface area (Å²) in [4.78, 5) is 30.3. The highest BCUT2D eigenvalue weighted by Crippen LogP contribution is 2.19. The van der Waals surface area contributed by atoms with Crippen LogP contribution in [-0.4, -0.2) is 17.9 Å². The Morgan fingerprint density at radius 2 is 1.96 bits per heavy atom. The van der Waals surface area contributed by atoms with E-state index in [9.17, 15) is 9.59 Å². The number of rotatable bonds is 2. The SMILES string of the molecule is Cc1ccc2c(=O)oc(N(C)C(=O)c3ccccc3I)nc2c1. The van der Waals surface area contributed by atoms with Gasteiger partial charge in [-0.05, 0) is 59.3 Å². The second kappa shape index (κ2) is 6.11. The van der Waals surface area contributed by atoms with E-state index in [-0.39, 0.29) is 11.9 Å². The smallest absolute Gasteiger partial charge is 0.348 e. The van der Waals surface area contributed by atoms with Gasteiger partial charge in [0.25, 0.3) is 5.91 Å². The lowest BCUT2D eigenvalue weighted by molar-refractivity contribution is 0.0986. The van der Waals surface area contributed by atoms with Gasteiger partial charge in [0.1, 0.15) is 0 Å². The average molecular weight is 420 g/mol. The van der Waals surface area contributed by atoms with Crippen molar-refractivity contribution in [2.24, 2.45) is 0 Å². The van der Waals surface area contributed by atoms with E-state index in [1.54, 1.807) is 24.3 Å². The van der Waals surface area contributed by atoms with Crippen molar-refractivity contribution in [1.29, 1.82) is 0 Å². The molecule has 1 amide bonds. The molecule has 0 aliphatic heterocycles. The molecule has 23 heavy (non-hydrogen) atoms. The monoisotopic (exact) mass is 420 g/mol. The van der Waals surface area contributed by atoms with Crippen molar-refractivity contribution in [2.45, 2.75) is 6.92 Å². The molecule has 6 heteroatoms. The molecule has 0 N–H and O–H groups in total. The molecule has 1 aromatic heterocycles. The Hall–Kier alpha value is -2.22. The summed E-state index contributed by atoms with van der Waals surface area (Å²) in [5, 5.41) is 0.398. The zero-order chi connectivity index (χ0) is 16.6. The molecular formula is C17H13IN2O3. The van der Waals surface area contributed by atoms with Crippen LogP contribution in [0.1, 0.15) is 15.9 Å². The summed E-state index contributed by atoms with van der Waals surface area (Å²) in [6.07, 6.45) is 0. The molecule has 0 radical (unpaired) electrons. The molecule has 0 atom stereocenters. The lowest BCUT2D eigenvalue weighted by atomic mass is 10.2. The van der Waals surface area contributed by atoms with Gasteiger partial charge in [-0.25, -0.2) is 4.79 Å². The van der Waals surface area contributed by atoms with Crippen LogP contribution < -0.4 is 10.5 Å². The number of hydrogen-bond donors (Lipinski definition) is 0. The van der Waals surface area contributed by atoms with E-state index in [0.717, 1.165) is 9.13 Å². The topological polar surface area (TPSA) is 63.4 Å². The lowest BCUT2D eigenvalue weighted by Crippen LogP contribution is -2.28. The van der Waals surface area contributed by atoms with Crippen molar-refractivity contribution in [2.75, 3.05) is 11.9 Å². The summed E-state index contributed by atoms with van der Waals surface area (Å²) >= 11 is 2.09. The zero-order valence-electron chi connectivity index (χ0n) is 12.5. The molecule has 3 rings (SSSR count). The highest BCUT2D eigenvalue weighted by atomic mass is 127. The van der Waals surface area contributed by atoms with E-state index >= 15 is 0 Å². The summed E-state index contributed by atoms with van der Waals surface area (Å²) in [5.74, 6) is -0.280. The van der Waals surface area contributed by atoms with Crippen molar-refractivity contribution >= 4 is 45.4 Å². The predicted octanol–water partition coefficient (Wildman–Crippen LogP) is 3.38. The number of amides is 1. The number of hydrogen-bond acceptors (Lipinski definition) is 4. The highest BCUT2D eigenvalue weighted by molar-refractivity contribution is 14.1. The maximum atomic E-state index is 12.6. The molecule has 0 saturated heterocycles. The third-order valence-corrected chi connectivity index (χ3v) is 4.41. The first-order valence-electron chi connectivity index (χ1n) is 6.91. The van der Waals surface area contributed by atoms with Gasteiger partial charge in [-0.3, -0.25) is 9.69 Å². The van der Waals surface area contributed by atoms with Crippen molar-refractivity contribution in [1.82, 2.24) is 4.98 Å². The van der Waals surface area contributed by atoms with Crippen molar-refractivity contribution in [3.05, 3.63) is 67.6 Å². The predicted molar refractivity (Wildman–Crippen MR) is 96.9 cm³/mol. The zero-order valence-corrected chi connectivity index (χ0v) is 14.7. The number of fused-ring (bicyclic) bond motifs is 1. The molecule has 3 aromatic rings. The Kier molecular flexibility index (Phi) is 4.16.